The molecule has 86 valence electrons. The Morgan fingerprint density at radius 1 is 1.62 bits per heavy atom. The van der Waals surface area contributed by atoms with E-state index in [2.05, 4.69) is 4.74 Å². The normalized spacial score (nSPS) is 17.5. The monoisotopic (exact) mass is 224 g/mol. The highest BCUT2D eigenvalue weighted by molar-refractivity contribution is 5.70. The van der Waals surface area contributed by atoms with Crippen LogP contribution in [-0.4, -0.2) is 31.4 Å². The summed E-state index contributed by atoms with van der Waals surface area (Å²) in [6.07, 6.45) is -0.579. The van der Waals surface area contributed by atoms with Crippen LogP contribution < -0.4 is 9.47 Å². The van der Waals surface area contributed by atoms with Crippen LogP contribution >= 0.6 is 0 Å². The molecule has 0 amide bonds. The summed E-state index contributed by atoms with van der Waals surface area (Å²) in [7, 11) is 1.30. The number of methoxy groups -OCH3 is 1. The molecule has 1 unspecified atom stereocenters. The SMILES string of the molecule is COC(=O)COc1ccc2c(c1)OCC2O. The number of rotatable bonds is 3. The average molecular weight is 224 g/mol. The Bertz CT molecular complexity index is 401. The topological polar surface area (TPSA) is 65.0 Å². The molecule has 1 aromatic rings. The fraction of sp³-hybridized carbons (Fsp3) is 0.364. The Labute approximate surface area is 92.5 Å². The summed E-state index contributed by atoms with van der Waals surface area (Å²) in [5.41, 5.74) is 0.741. The van der Waals surface area contributed by atoms with Crippen LogP contribution in [0.1, 0.15) is 11.7 Å². The molecule has 0 saturated heterocycles. The predicted molar refractivity (Wildman–Crippen MR) is 54.4 cm³/mol. The molecule has 1 atom stereocenters. The van der Waals surface area contributed by atoms with Gasteiger partial charge in [0.2, 0.25) is 0 Å². The molecule has 0 aliphatic carbocycles. The molecule has 5 nitrogen and oxygen atoms in total. The maximum absolute atomic E-state index is 10.9. The van der Waals surface area contributed by atoms with Crippen LogP contribution in [0.15, 0.2) is 18.2 Å². The van der Waals surface area contributed by atoms with Crippen molar-refractivity contribution < 1.29 is 24.1 Å². The van der Waals surface area contributed by atoms with Gasteiger partial charge in [-0.1, -0.05) is 0 Å². The summed E-state index contributed by atoms with van der Waals surface area (Å²) >= 11 is 0. The van der Waals surface area contributed by atoms with E-state index in [1.54, 1.807) is 18.2 Å². The molecule has 1 N–H and O–H groups in total. The first-order valence-electron chi connectivity index (χ1n) is 4.85. The number of hydrogen-bond acceptors (Lipinski definition) is 5. The zero-order chi connectivity index (χ0) is 11.5. The van der Waals surface area contributed by atoms with E-state index >= 15 is 0 Å². The maximum atomic E-state index is 10.9. The number of hydrogen-bond donors (Lipinski definition) is 1. The van der Waals surface area contributed by atoms with Gasteiger partial charge >= 0.3 is 5.97 Å². The lowest BCUT2D eigenvalue weighted by molar-refractivity contribution is -0.142. The van der Waals surface area contributed by atoms with Crippen LogP contribution in [0.3, 0.4) is 0 Å². The van der Waals surface area contributed by atoms with Gasteiger partial charge in [-0.05, 0) is 12.1 Å². The third kappa shape index (κ3) is 2.09. The van der Waals surface area contributed by atoms with Crippen molar-refractivity contribution in [2.45, 2.75) is 6.10 Å². The largest absolute Gasteiger partial charge is 0.490 e. The molecular weight excluding hydrogens is 212 g/mol. The molecule has 0 saturated carbocycles. The highest BCUT2D eigenvalue weighted by atomic mass is 16.6. The van der Waals surface area contributed by atoms with Gasteiger partial charge in [0.05, 0.1) is 7.11 Å². The predicted octanol–water partition coefficient (Wildman–Crippen LogP) is 0.664. The van der Waals surface area contributed by atoms with Crippen molar-refractivity contribution in [1.29, 1.82) is 0 Å². The second kappa shape index (κ2) is 4.40. The van der Waals surface area contributed by atoms with Gasteiger partial charge in [0.15, 0.2) is 6.61 Å². The van der Waals surface area contributed by atoms with Crippen LogP contribution in [0.2, 0.25) is 0 Å². The lowest BCUT2D eigenvalue weighted by atomic mass is 10.1. The summed E-state index contributed by atoms with van der Waals surface area (Å²) in [5, 5.41) is 9.49. The van der Waals surface area contributed by atoms with Gasteiger partial charge in [0, 0.05) is 11.6 Å². The number of esters is 1. The number of carbonyl (C=O) groups excluding carboxylic acids is 1. The fourth-order valence-corrected chi connectivity index (χ4v) is 1.46. The standard InChI is InChI=1S/C11H12O5/c1-14-11(13)6-15-7-2-3-8-9(12)5-16-10(8)4-7/h2-4,9,12H,5-6H2,1H3. The molecule has 0 fully saturated rings. The van der Waals surface area contributed by atoms with Crippen molar-refractivity contribution in [3.63, 3.8) is 0 Å². The van der Waals surface area contributed by atoms with Crippen LogP contribution in [-0.2, 0) is 9.53 Å². The summed E-state index contributed by atoms with van der Waals surface area (Å²) in [6.45, 7) is 0.119. The molecule has 16 heavy (non-hydrogen) atoms. The Morgan fingerprint density at radius 2 is 2.44 bits per heavy atom. The molecule has 1 aliphatic rings. The molecule has 1 aromatic carbocycles. The van der Waals surface area contributed by atoms with E-state index in [1.165, 1.54) is 7.11 Å². The summed E-state index contributed by atoms with van der Waals surface area (Å²) in [6, 6.07) is 5.05. The average Bonchev–Trinajstić information content (AvgIpc) is 2.67. The molecule has 0 spiro atoms. The highest BCUT2D eigenvalue weighted by Gasteiger charge is 2.22. The second-order valence-electron chi connectivity index (χ2n) is 3.39. The van der Waals surface area contributed by atoms with E-state index < -0.39 is 12.1 Å². The van der Waals surface area contributed by atoms with E-state index in [1.807, 2.05) is 0 Å². The minimum absolute atomic E-state index is 0.141. The third-order valence-electron chi connectivity index (χ3n) is 2.33. The van der Waals surface area contributed by atoms with Gasteiger partial charge in [0.1, 0.15) is 24.2 Å². The minimum atomic E-state index is -0.579. The molecule has 5 heteroatoms. The maximum Gasteiger partial charge on any atom is 0.343 e. The molecule has 1 heterocycles. The first-order valence-corrected chi connectivity index (χ1v) is 4.85. The zero-order valence-electron chi connectivity index (χ0n) is 8.80. The first kappa shape index (κ1) is 10.8. The highest BCUT2D eigenvalue weighted by Crippen LogP contribution is 2.34. The number of fused-ring (bicyclic) bond motifs is 1. The Balaban J connectivity index is 2.05. The number of carbonyl (C=O) groups is 1. The van der Waals surface area contributed by atoms with Gasteiger partial charge < -0.3 is 19.3 Å². The Kier molecular flexibility index (Phi) is 2.96. The molecule has 0 radical (unpaired) electrons. The van der Waals surface area contributed by atoms with Crippen LogP contribution in [0.25, 0.3) is 0 Å². The molecule has 1 aliphatic heterocycles. The molecule has 2 rings (SSSR count). The fourth-order valence-electron chi connectivity index (χ4n) is 1.46. The van der Waals surface area contributed by atoms with Crippen LogP contribution in [0.4, 0.5) is 0 Å². The number of aliphatic hydroxyl groups is 1. The van der Waals surface area contributed by atoms with Crippen LogP contribution in [0, 0.1) is 0 Å². The summed E-state index contributed by atoms with van der Waals surface area (Å²) in [4.78, 5) is 10.9. The van der Waals surface area contributed by atoms with Gasteiger partial charge in [-0.25, -0.2) is 4.79 Å². The Hall–Kier alpha value is -1.75. The van der Waals surface area contributed by atoms with Crippen molar-refractivity contribution in [3.8, 4) is 11.5 Å². The smallest absolute Gasteiger partial charge is 0.343 e. The van der Waals surface area contributed by atoms with E-state index in [9.17, 15) is 9.90 Å². The quantitative estimate of drug-likeness (QED) is 0.764. The van der Waals surface area contributed by atoms with Crippen molar-refractivity contribution in [2.75, 3.05) is 20.3 Å². The van der Waals surface area contributed by atoms with Gasteiger partial charge in [-0.3, -0.25) is 0 Å². The van der Waals surface area contributed by atoms with E-state index in [4.69, 9.17) is 9.47 Å². The van der Waals surface area contributed by atoms with E-state index in [-0.39, 0.29) is 13.2 Å². The van der Waals surface area contributed by atoms with E-state index in [0.29, 0.717) is 11.5 Å². The van der Waals surface area contributed by atoms with Gasteiger partial charge in [0.25, 0.3) is 0 Å². The van der Waals surface area contributed by atoms with E-state index in [0.717, 1.165) is 5.56 Å². The number of ether oxygens (including phenoxy) is 3. The second-order valence-corrected chi connectivity index (χ2v) is 3.39. The first-order chi connectivity index (χ1) is 7.70. The van der Waals surface area contributed by atoms with Crippen molar-refractivity contribution in [1.82, 2.24) is 0 Å². The number of benzene rings is 1. The lowest BCUT2D eigenvalue weighted by Gasteiger charge is -2.06. The molecule has 0 bridgehead atoms. The molecular formula is C11H12O5. The van der Waals surface area contributed by atoms with Gasteiger partial charge in [-0.15, -0.1) is 0 Å². The zero-order valence-corrected chi connectivity index (χ0v) is 8.80. The lowest BCUT2D eigenvalue weighted by Crippen LogP contribution is -2.12. The van der Waals surface area contributed by atoms with Gasteiger partial charge in [-0.2, -0.15) is 0 Å². The summed E-state index contributed by atoms with van der Waals surface area (Å²) in [5.74, 6) is 0.662. The van der Waals surface area contributed by atoms with Crippen LogP contribution in [0.5, 0.6) is 11.5 Å². The molecule has 0 aromatic heterocycles. The third-order valence-corrected chi connectivity index (χ3v) is 2.33. The summed E-state index contributed by atoms with van der Waals surface area (Å²) < 4.78 is 14.9. The Morgan fingerprint density at radius 3 is 3.19 bits per heavy atom. The minimum Gasteiger partial charge on any atom is -0.490 e. The van der Waals surface area contributed by atoms with Crippen molar-refractivity contribution in [2.24, 2.45) is 0 Å². The number of aliphatic hydroxyl groups excluding tert-OH is 1. The van der Waals surface area contributed by atoms with Crippen molar-refractivity contribution >= 4 is 5.97 Å². The van der Waals surface area contributed by atoms with Crippen molar-refractivity contribution in [3.05, 3.63) is 23.8 Å².